The van der Waals surface area contributed by atoms with Crippen molar-refractivity contribution in [2.75, 3.05) is 26.3 Å². The number of hydrogen-bond donors (Lipinski definition) is 3. The van der Waals surface area contributed by atoms with E-state index >= 15 is 0 Å². The van der Waals surface area contributed by atoms with Crippen LogP contribution in [-0.4, -0.2) is 58.6 Å². The highest BCUT2D eigenvalue weighted by Gasteiger charge is 2.30. The van der Waals surface area contributed by atoms with Gasteiger partial charge in [-0.15, -0.1) is 0 Å². The molecule has 1 aliphatic rings. The van der Waals surface area contributed by atoms with Gasteiger partial charge in [0.25, 0.3) is 0 Å². The van der Waals surface area contributed by atoms with E-state index < -0.39 is 32.7 Å². The maximum Gasteiger partial charge on any atom is 0.339 e. The summed E-state index contributed by atoms with van der Waals surface area (Å²) in [6.45, 7) is 2.02. The van der Waals surface area contributed by atoms with Crippen molar-refractivity contribution in [1.29, 1.82) is 0 Å². The van der Waals surface area contributed by atoms with Crippen molar-refractivity contribution < 1.29 is 36.0 Å². The van der Waals surface area contributed by atoms with E-state index in [1.807, 2.05) is 18.2 Å². The quantitative estimate of drug-likeness (QED) is 0.0827. The third kappa shape index (κ3) is 11.5. The summed E-state index contributed by atoms with van der Waals surface area (Å²) < 4.78 is 62.0. The lowest BCUT2D eigenvalue weighted by Gasteiger charge is -2.16. The fourth-order valence-corrected chi connectivity index (χ4v) is 8.86. The van der Waals surface area contributed by atoms with Crippen LogP contribution >= 0.6 is 11.6 Å². The average molecular weight is 722 g/mol. The first-order valence-corrected chi connectivity index (χ1v) is 20.2. The molecule has 0 spiro atoms. The van der Waals surface area contributed by atoms with Crippen LogP contribution < -0.4 is 9.50 Å². The van der Waals surface area contributed by atoms with E-state index in [2.05, 4.69) is 5.32 Å². The summed E-state index contributed by atoms with van der Waals surface area (Å²) in [6, 6.07) is 17.6. The van der Waals surface area contributed by atoms with Gasteiger partial charge in [-0.05, 0) is 111 Å². The number of halogens is 1. The molecule has 0 heterocycles. The lowest BCUT2D eigenvalue weighted by atomic mass is 10.1. The van der Waals surface area contributed by atoms with Gasteiger partial charge in [0.05, 0.1) is 22.9 Å². The van der Waals surface area contributed by atoms with Crippen molar-refractivity contribution in [1.82, 2.24) is 5.32 Å². The molecule has 1 fully saturated rings. The highest BCUT2D eigenvalue weighted by molar-refractivity contribution is 7.92. The van der Waals surface area contributed by atoms with Crippen molar-refractivity contribution >= 4 is 31.6 Å². The molecule has 3 N–H and O–H groups in total. The number of benzene rings is 3. The van der Waals surface area contributed by atoms with Crippen molar-refractivity contribution in [3.63, 3.8) is 0 Å². The molecule has 9 nitrogen and oxygen atoms in total. The Balaban J connectivity index is 1.04. The molecule has 3 aromatic carbocycles. The van der Waals surface area contributed by atoms with Crippen LogP contribution in [0.5, 0.6) is 5.75 Å². The van der Waals surface area contributed by atoms with E-state index in [-0.39, 0.29) is 21.5 Å². The molecule has 4 rings (SSSR count). The smallest absolute Gasteiger partial charge is 0.339 e. The number of hydrogen-bond acceptors (Lipinski definition) is 9. The first-order chi connectivity index (χ1) is 23.1. The van der Waals surface area contributed by atoms with Gasteiger partial charge < -0.3 is 24.4 Å². The standard InChI is InChI=1S/C36H48ClNO8S2/c37-31-16-18-33(19-17-31)48(43,44)46-36-20-15-29(25-30(36)27-39)35(40)26-38-21-6-1-2-7-22-45-23-8-5-10-28-11-9-14-34(24-28)47(41,42)32-12-3-4-13-32/h9,11,14-20,24-25,32,35,38-40H,1-8,10,12-13,21-23,26-27H2/t35-/m0/s1. The summed E-state index contributed by atoms with van der Waals surface area (Å²) in [6.07, 6.45) is 9.48. The number of rotatable bonds is 21. The van der Waals surface area contributed by atoms with Crippen LogP contribution in [0.4, 0.5) is 0 Å². The summed E-state index contributed by atoms with van der Waals surface area (Å²) in [5, 5.41) is 23.9. The number of aliphatic hydroxyl groups excluding tert-OH is 2. The number of aliphatic hydroxyl groups is 2. The zero-order valence-electron chi connectivity index (χ0n) is 27.4. The fourth-order valence-electron chi connectivity index (χ4n) is 5.85. The molecule has 0 radical (unpaired) electrons. The van der Waals surface area contributed by atoms with E-state index in [0.29, 0.717) is 28.6 Å². The second-order valence-electron chi connectivity index (χ2n) is 12.3. The highest BCUT2D eigenvalue weighted by Crippen LogP contribution is 2.30. The minimum Gasteiger partial charge on any atom is -0.392 e. The van der Waals surface area contributed by atoms with E-state index in [1.54, 1.807) is 18.2 Å². The maximum absolute atomic E-state index is 12.9. The maximum atomic E-state index is 12.9. The second-order valence-corrected chi connectivity index (χ2v) is 16.5. The van der Waals surface area contributed by atoms with Crippen LogP contribution in [0.3, 0.4) is 0 Å². The molecule has 0 saturated heterocycles. The van der Waals surface area contributed by atoms with Gasteiger partial charge in [0.15, 0.2) is 9.84 Å². The van der Waals surface area contributed by atoms with Crippen molar-refractivity contribution in [2.45, 2.75) is 98.4 Å². The molecule has 3 aromatic rings. The van der Waals surface area contributed by atoms with Crippen LogP contribution in [0, 0.1) is 0 Å². The molecule has 12 heteroatoms. The van der Waals surface area contributed by atoms with E-state index in [0.717, 1.165) is 89.3 Å². The molecule has 1 saturated carbocycles. The molecule has 0 unspecified atom stereocenters. The lowest BCUT2D eigenvalue weighted by molar-refractivity contribution is 0.126. The first kappa shape index (κ1) is 38.3. The lowest BCUT2D eigenvalue weighted by Crippen LogP contribution is -2.22. The molecular weight excluding hydrogens is 674 g/mol. The number of sulfone groups is 1. The van der Waals surface area contributed by atoms with Crippen molar-refractivity contribution in [3.05, 3.63) is 88.4 Å². The fraction of sp³-hybridized carbons (Fsp3) is 0.500. The van der Waals surface area contributed by atoms with Gasteiger partial charge in [-0.2, -0.15) is 8.42 Å². The number of unbranched alkanes of at least 4 members (excludes halogenated alkanes) is 4. The summed E-state index contributed by atoms with van der Waals surface area (Å²) in [5.74, 6) is -0.00452. The summed E-state index contributed by atoms with van der Waals surface area (Å²) in [4.78, 5) is 0.410. The van der Waals surface area contributed by atoms with Gasteiger partial charge in [-0.25, -0.2) is 8.42 Å². The van der Waals surface area contributed by atoms with Gasteiger partial charge in [0.1, 0.15) is 10.6 Å². The Morgan fingerprint density at radius 1 is 0.833 bits per heavy atom. The molecule has 0 aromatic heterocycles. The monoisotopic (exact) mass is 721 g/mol. The third-order valence-electron chi connectivity index (χ3n) is 8.64. The topological polar surface area (TPSA) is 139 Å². The molecule has 264 valence electrons. The normalized spacial score (nSPS) is 14.7. The first-order valence-electron chi connectivity index (χ1n) is 16.8. The summed E-state index contributed by atoms with van der Waals surface area (Å²) in [7, 11) is -7.33. The largest absolute Gasteiger partial charge is 0.392 e. The molecule has 1 aliphatic carbocycles. The van der Waals surface area contributed by atoms with Gasteiger partial charge in [0, 0.05) is 30.3 Å². The Labute approximate surface area is 290 Å². The Morgan fingerprint density at radius 2 is 1.54 bits per heavy atom. The van der Waals surface area contributed by atoms with Crippen LogP contribution in [-0.2, 0) is 37.7 Å². The zero-order valence-corrected chi connectivity index (χ0v) is 29.7. The number of nitrogens with one attached hydrogen (secondary N) is 1. The van der Waals surface area contributed by atoms with Crippen molar-refractivity contribution in [2.24, 2.45) is 0 Å². The third-order valence-corrected chi connectivity index (χ3v) is 12.4. The number of ether oxygens (including phenoxy) is 1. The van der Waals surface area contributed by atoms with Gasteiger partial charge in [-0.3, -0.25) is 0 Å². The molecule has 0 aliphatic heterocycles. The highest BCUT2D eigenvalue weighted by atomic mass is 35.5. The Morgan fingerprint density at radius 3 is 2.27 bits per heavy atom. The Hall–Kier alpha value is -2.51. The minimum absolute atomic E-state index is 0.00452. The van der Waals surface area contributed by atoms with Crippen LogP contribution in [0.25, 0.3) is 0 Å². The van der Waals surface area contributed by atoms with Crippen LogP contribution in [0.1, 0.15) is 87.0 Å². The SMILES string of the molecule is O=S(=O)(Oc1ccc([C@@H](O)CNCCCCCCOCCCCc2cccc(S(=O)(=O)C3CCCC3)c2)cc1CO)c1ccc(Cl)cc1. The molecule has 0 amide bonds. The molecule has 1 atom stereocenters. The molecular formula is C36H48ClNO8S2. The summed E-state index contributed by atoms with van der Waals surface area (Å²) >= 11 is 5.84. The van der Waals surface area contributed by atoms with Gasteiger partial charge in [0.2, 0.25) is 0 Å². The Bertz CT molecular complexity index is 1640. The van der Waals surface area contributed by atoms with E-state index in [1.165, 1.54) is 30.3 Å². The predicted molar refractivity (Wildman–Crippen MR) is 188 cm³/mol. The second kappa shape index (κ2) is 19.0. The van der Waals surface area contributed by atoms with Crippen LogP contribution in [0.15, 0.2) is 76.5 Å². The van der Waals surface area contributed by atoms with Gasteiger partial charge in [-0.1, -0.05) is 55.5 Å². The van der Waals surface area contributed by atoms with E-state index in [9.17, 15) is 27.0 Å². The Kier molecular flexibility index (Phi) is 15.2. The van der Waals surface area contributed by atoms with Gasteiger partial charge >= 0.3 is 10.1 Å². The average Bonchev–Trinajstić information content (AvgIpc) is 3.63. The van der Waals surface area contributed by atoms with E-state index in [4.69, 9.17) is 20.5 Å². The minimum atomic E-state index is -4.12. The number of aryl methyl sites for hydroxylation is 1. The summed E-state index contributed by atoms with van der Waals surface area (Å²) in [5.41, 5.74) is 1.86. The predicted octanol–water partition coefficient (Wildman–Crippen LogP) is 6.54. The van der Waals surface area contributed by atoms with Crippen molar-refractivity contribution in [3.8, 4) is 5.75 Å². The molecule has 0 bridgehead atoms. The zero-order chi connectivity index (χ0) is 34.4. The molecule has 48 heavy (non-hydrogen) atoms. The van der Waals surface area contributed by atoms with Crippen LogP contribution in [0.2, 0.25) is 5.02 Å².